The summed E-state index contributed by atoms with van der Waals surface area (Å²) < 4.78 is 28.1. The molecule has 0 aromatic heterocycles. The van der Waals surface area contributed by atoms with Crippen LogP contribution in [0.2, 0.25) is 0 Å². The first kappa shape index (κ1) is 20.7. The van der Waals surface area contributed by atoms with Crippen molar-refractivity contribution >= 4 is 11.5 Å². The Labute approximate surface area is 175 Å². The molecule has 1 saturated heterocycles. The normalized spacial score (nSPS) is 20.4. The van der Waals surface area contributed by atoms with Gasteiger partial charge in [-0.3, -0.25) is 9.69 Å². The lowest BCUT2D eigenvalue weighted by Crippen LogP contribution is -2.41. The monoisotopic (exact) mass is 412 g/mol. The number of nitrogens with zero attached hydrogens (tertiary/aromatic N) is 2. The van der Waals surface area contributed by atoms with Crippen LogP contribution >= 0.6 is 0 Å². The Balaban J connectivity index is 1.50. The molecule has 1 atom stereocenters. The molecule has 6 heteroatoms. The van der Waals surface area contributed by atoms with E-state index in [-0.39, 0.29) is 23.6 Å². The molecule has 4 rings (SSSR count). The average Bonchev–Trinajstić information content (AvgIpc) is 3.19. The summed E-state index contributed by atoms with van der Waals surface area (Å²) in [6, 6.07) is 13.3. The van der Waals surface area contributed by atoms with Crippen LogP contribution in [0.5, 0.6) is 0 Å². The lowest BCUT2D eigenvalue weighted by atomic mass is 10.0. The van der Waals surface area contributed by atoms with Crippen LogP contribution in [0, 0.1) is 11.6 Å². The molecule has 158 valence electrons. The molecule has 1 N–H and O–H groups in total. The molecule has 0 spiro atoms. The van der Waals surface area contributed by atoms with Crippen molar-refractivity contribution in [1.82, 2.24) is 9.80 Å². The van der Waals surface area contributed by atoms with E-state index in [2.05, 4.69) is 4.90 Å². The van der Waals surface area contributed by atoms with Gasteiger partial charge in [-0.15, -0.1) is 0 Å². The van der Waals surface area contributed by atoms with E-state index >= 15 is 0 Å². The third-order valence-corrected chi connectivity index (χ3v) is 5.97. The second-order valence-corrected chi connectivity index (χ2v) is 8.00. The largest absolute Gasteiger partial charge is 0.393 e. The Hall–Kier alpha value is -2.57. The summed E-state index contributed by atoms with van der Waals surface area (Å²) in [5.74, 6) is -0.845. The van der Waals surface area contributed by atoms with Gasteiger partial charge in [-0.05, 0) is 42.2 Å². The van der Waals surface area contributed by atoms with Gasteiger partial charge in [-0.25, -0.2) is 8.78 Å². The minimum absolute atomic E-state index is 0.0686. The van der Waals surface area contributed by atoms with Crippen molar-refractivity contribution in [3.8, 4) is 0 Å². The van der Waals surface area contributed by atoms with E-state index in [1.165, 1.54) is 6.07 Å². The Morgan fingerprint density at radius 1 is 1.07 bits per heavy atom. The fraction of sp³-hybridized carbons (Fsp3) is 0.375. The van der Waals surface area contributed by atoms with Crippen molar-refractivity contribution in [2.45, 2.75) is 31.4 Å². The molecular formula is C24H26F2N2O2. The summed E-state index contributed by atoms with van der Waals surface area (Å²) >= 11 is 0. The number of amides is 1. The number of likely N-dealkylation sites (tertiary alicyclic amines) is 1. The maximum atomic E-state index is 14.4. The highest BCUT2D eigenvalue weighted by Crippen LogP contribution is 2.35. The van der Waals surface area contributed by atoms with Gasteiger partial charge < -0.3 is 10.0 Å². The number of carbonyl (C=O) groups excluding carboxylic acids is 1. The van der Waals surface area contributed by atoms with Gasteiger partial charge >= 0.3 is 0 Å². The average molecular weight is 412 g/mol. The fourth-order valence-corrected chi connectivity index (χ4v) is 4.27. The van der Waals surface area contributed by atoms with E-state index in [0.29, 0.717) is 45.4 Å². The Kier molecular flexibility index (Phi) is 6.25. The zero-order valence-corrected chi connectivity index (χ0v) is 16.8. The summed E-state index contributed by atoms with van der Waals surface area (Å²) in [4.78, 5) is 16.6. The predicted molar refractivity (Wildman–Crippen MR) is 112 cm³/mol. The number of aliphatic hydroxyl groups is 1. The van der Waals surface area contributed by atoms with Crippen LogP contribution in [-0.2, 0) is 4.79 Å². The highest BCUT2D eigenvalue weighted by molar-refractivity contribution is 5.77. The van der Waals surface area contributed by atoms with Gasteiger partial charge in [0.1, 0.15) is 11.6 Å². The summed E-state index contributed by atoms with van der Waals surface area (Å²) in [6.45, 7) is 2.14. The molecule has 1 amide bonds. The number of aliphatic hydroxyl groups excluding tert-OH is 1. The minimum Gasteiger partial charge on any atom is -0.393 e. The summed E-state index contributed by atoms with van der Waals surface area (Å²) in [5.41, 5.74) is 2.06. The second-order valence-electron chi connectivity index (χ2n) is 8.00. The van der Waals surface area contributed by atoms with E-state index in [0.717, 1.165) is 23.3 Å². The number of carbonyl (C=O) groups is 1. The molecule has 0 saturated carbocycles. The molecule has 1 unspecified atom stereocenters. The first-order chi connectivity index (χ1) is 14.5. The summed E-state index contributed by atoms with van der Waals surface area (Å²) in [6.07, 6.45) is 3.24. The predicted octanol–water partition coefficient (Wildman–Crippen LogP) is 3.78. The van der Waals surface area contributed by atoms with Crippen molar-refractivity contribution in [2.24, 2.45) is 0 Å². The minimum atomic E-state index is -0.468. The summed E-state index contributed by atoms with van der Waals surface area (Å²) in [7, 11) is 0. The maximum Gasteiger partial charge on any atom is 0.223 e. The van der Waals surface area contributed by atoms with Crippen molar-refractivity contribution in [1.29, 1.82) is 0 Å². The van der Waals surface area contributed by atoms with Gasteiger partial charge in [0.2, 0.25) is 5.91 Å². The maximum absolute atomic E-state index is 14.4. The molecule has 0 aliphatic carbocycles. The topological polar surface area (TPSA) is 43.8 Å². The van der Waals surface area contributed by atoms with Gasteiger partial charge in [0.05, 0.1) is 12.1 Å². The molecule has 30 heavy (non-hydrogen) atoms. The van der Waals surface area contributed by atoms with Crippen molar-refractivity contribution < 1.29 is 18.7 Å². The number of rotatable bonds is 5. The van der Waals surface area contributed by atoms with Crippen LogP contribution in [-0.4, -0.2) is 53.1 Å². The second kappa shape index (κ2) is 9.06. The molecule has 2 heterocycles. The molecule has 1 fully saturated rings. The molecule has 2 aromatic rings. The first-order valence-electron chi connectivity index (χ1n) is 10.4. The van der Waals surface area contributed by atoms with E-state index in [9.17, 15) is 18.7 Å². The van der Waals surface area contributed by atoms with Gasteiger partial charge in [0.25, 0.3) is 0 Å². The van der Waals surface area contributed by atoms with Crippen LogP contribution in [0.15, 0.2) is 54.6 Å². The Bertz CT molecular complexity index is 924. The third-order valence-electron chi connectivity index (χ3n) is 5.97. The summed E-state index contributed by atoms with van der Waals surface area (Å²) in [5, 5.41) is 9.64. The molecule has 2 aromatic carbocycles. The van der Waals surface area contributed by atoms with Crippen LogP contribution in [0.3, 0.4) is 0 Å². The van der Waals surface area contributed by atoms with Gasteiger partial charge in [0, 0.05) is 38.2 Å². The number of benzene rings is 2. The van der Waals surface area contributed by atoms with Gasteiger partial charge in [-0.2, -0.15) is 0 Å². The van der Waals surface area contributed by atoms with Gasteiger partial charge in [-0.1, -0.05) is 36.4 Å². The van der Waals surface area contributed by atoms with Crippen LogP contribution in [0.4, 0.5) is 8.78 Å². The molecule has 2 aliphatic rings. The van der Waals surface area contributed by atoms with Gasteiger partial charge in [0.15, 0.2) is 0 Å². The Morgan fingerprint density at radius 2 is 1.80 bits per heavy atom. The quantitative estimate of drug-likeness (QED) is 0.813. The molecule has 2 aliphatic heterocycles. The standard InChI is InChI=1S/C24H26F2N2O2/c25-19-6-7-22(26)21(15-19)18-14-23(17-4-2-1-3-5-17)28(16-18)13-10-24(30)27-11-8-20(29)9-12-27/h1-7,14-15,20,23,29H,8-13,16H2. The van der Waals surface area contributed by atoms with Crippen LogP contribution in [0.25, 0.3) is 5.57 Å². The first-order valence-corrected chi connectivity index (χ1v) is 10.4. The fourth-order valence-electron chi connectivity index (χ4n) is 4.27. The number of hydrogen-bond donors (Lipinski definition) is 1. The highest BCUT2D eigenvalue weighted by atomic mass is 19.1. The van der Waals surface area contributed by atoms with Crippen LogP contribution < -0.4 is 0 Å². The smallest absolute Gasteiger partial charge is 0.223 e. The lowest BCUT2D eigenvalue weighted by Gasteiger charge is -2.31. The highest BCUT2D eigenvalue weighted by Gasteiger charge is 2.29. The van der Waals surface area contributed by atoms with Crippen LogP contribution in [0.1, 0.15) is 36.4 Å². The number of halogens is 2. The molecule has 0 radical (unpaired) electrons. The number of hydrogen-bond acceptors (Lipinski definition) is 3. The third kappa shape index (κ3) is 4.60. The lowest BCUT2D eigenvalue weighted by molar-refractivity contribution is -0.133. The zero-order chi connectivity index (χ0) is 21.1. The van der Waals surface area contributed by atoms with Crippen molar-refractivity contribution in [3.05, 3.63) is 77.4 Å². The Morgan fingerprint density at radius 3 is 2.53 bits per heavy atom. The van der Waals surface area contributed by atoms with E-state index < -0.39 is 11.6 Å². The molecule has 0 bridgehead atoms. The van der Waals surface area contributed by atoms with E-state index in [1.54, 1.807) is 4.90 Å². The number of piperidine rings is 1. The molecular weight excluding hydrogens is 386 g/mol. The molecule has 4 nitrogen and oxygen atoms in total. The van der Waals surface area contributed by atoms with Crippen molar-refractivity contribution in [2.75, 3.05) is 26.2 Å². The van der Waals surface area contributed by atoms with E-state index in [4.69, 9.17) is 0 Å². The zero-order valence-electron chi connectivity index (χ0n) is 16.8. The van der Waals surface area contributed by atoms with E-state index in [1.807, 2.05) is 36.4 Å². The SMILES string of the molecule is O=C(CCN1CC(c2cc(F)ccc2F)=CC1c1ccccc1)N1CCC(O)CC1. The van der Waals surface area contributed by atoms with Crippen molar-refractivity contribution in [3.63, 3.8) is 0 Å².